The summed E-state index contributed by atoms with van der Waals surface area (Å²) in [5.74, 6) is 0. The molecule has 3 heteroatoms. The Balaban J connectivity index is 1.98. The van der Waals surface area contributed by atoms with Crippen molar-refractivity contribution in [2.75, 3.05) is 19.0 Å². The first-order chi connectivity index (χ1) is 11.1. The van der Waals surface area contributed by atoms with E-state index in [0.29, 0.717) is 11.1 Å². The highest BCUT2D eigenvalue weighted by Crippen LogP contribution is 2.27. The molecule has 1 aliphatic rings. The Bertz CT molecular complexity index is 835. The normalized spacial score (nSPS) is 12.9. The van der Waals surface area contributed by atoms with Gasteiger partial charge in [-0.05, 0) is 72.2 Å². The second-order valence-corrected chi connectivity index (χ2v) is 6.24. The molecular formula is C20H19N3. The van der Waals surface area contributed by atoms with Crippen LogP contribution >= 0.6 is 0 Å². The van der Waals surface area contributed by atoms with Gasteiger partial charge < -0.3 is 4.90 Å². The van der Waals surface area contributed by atoms with Gasteiger partial charge in [-0.25, -0.2) is 0 Å². The van der Waals surface area contributed by atoms with E-state index in [9.17, 15) is 10.5 Å². The molecule has 2 aromatic carbocycles. The summed E-state index contributed by atoms with van der Waals surface area (Å²) >= 11 is 0. The Hall–Kier alpha value is -2.78. The summed E-state index contributed by atoms with van der Waals surface area (Å²) in [6.07, 6.45) is 3.79. The molecule has 23 heavy (non-hydrogen) atoms. The molecule has 0 radical (unpaired) electrons. The summed E-state index contributed by atoms with van der Waals surface area (Å²) in [7, 11) is 4.12. The standard InChI is InChI=1S/C20H19N3/c1-23(2)20-8-7-14-3-4-15-9-18(12-21)19(13-22)10-16(15)5-6-17(14)11-20/h7-11H,3-6H2,1-2H3. The summed E-state index contributed by atoms with van der Waals surface area (Å²) in [5, 5.41) is 18.4. The van der Waals surface area contributed by atoms with E-state index in [2.05, 4.69) is 49.3 Å². The maximum Gasteiger partial charge on any atom is 0.101 e. The summed E-state index contributed by atoms with van der Waals surface area (Å²) in [6, 6.07) is 14.8. The minimum atomic E-state index is 0.495. The van der Waals surface area contributed by atoms with Crippen molar-refractivity contribution in [1.82, 2.24) is 0 Å². The average molecular weight is 301 g/mol. The molecule has 0 atom stereocenters. The number of nitrogens with zero attached hydrogens (tertiary/aromatic N) is 3. The van der Waals surface area contributed by atoms with E-state index in [4.69, 9.17) is 0 Å². The molecule has 1 aliphatic carbocycles. The highest BCUT2D eigenvalue weighted by atomic mass is 15.1. The summed E-state index contributed by atoms with van der Waals surface area (Å²) in [5.41, 5.74) is 7.42. The van der Waals surface area contributed by atoms with Gasteiger partial charge in [0.05, 0.1) is 11.1 Å². The van der Waals surface area contributed by atoms with Gasteiger partial charge in [-0.1, -0.05) is 6.07 Å². The van der Waals surface area contributed by atoms with Crippen molar-refractivity contribution >= 4 is 5.69 Å². The highest BCUT2D eigenvalue weighted by molar-refractivity contribution is 5.53. The van der Waals surface area contributed by atoms with Crippen LogP contribution in [0.3, 0.4) is 0 Å². The minimum Gasteiger partial charge on any atom is -0.378 e. The number of anilines is 1. The molecule has 0 N–H and O–H groups in total. The van der Waals surface area contributed by atoms with Gasteiger partial charge in [-0.3, -0.25) is 0 Å². The SMILES string of the molecule is CN(C)c1ccc2c(c1)CCc1cc(C#N)c(C#N)cc1CC2. The summed E-state index contributed by atoms with van der Waals surface area (Å²) in [4.78, 5) is 2.12. The number of hydrogen-bond acceptors (Lipinski definition) is 3. The second-order valence-electron chi connectivity index (χ2n) is 6.24. The van der Waals surface area contributed by atoms with Crippen molar-refractivity contribution in [1.29, 1.82) is 10.5 Å². The third-order valence-corrected chi connectivity index (χ3v) is 4.61. The van der Waals surface area contributed by atoms with E-state index in [1.54, 1.807) is 0 Å². The molecule has 0 saturated carbocycles. The van der Waals surface area contributed by atoms with E-state index in [1.807, 2.05) is 12.1 Å². The Morgan fingerprint density at radius 2 is 1.22 bits per heavy atom. The first-order valence-corrected chi connectivity index (χ1v) is 7.87. The molecule has 0 aliphatic heterocycles. The van der Waals surface area contributed by atoms with Gasteiger partial charge in [0, 0.05) is 19.8 Å². The molecule has 0 fully saturated rings. The largest absolute Gasteiger partial charge is 0.378 e. The lowest BCUT2D eigenvalue weighted by molar-refractivity contribution is 0.837. The fourth-order valence-corrected chi connectivity index (χ4v) is 3.25. The van der Waals surface area contributed by atoms with Crippen LogP contribution in [0.1, 0.15) is 33.4 Å². The fraction of sp³-hybridized carbons (Fsp3) is 0.300. The van der Waals surface area contributed by atoms with Crippen molar-refractivity contribution < 1.29 is 0 Å². The molecule has 0 unspecified atom stereocenters. The van der Waals surface area contributed by atoms with Gasteiger partial charge in [0.15, 0.2) is 0 Å². The Labute approximate surface area is 137 Å². The maximum absolute atomic E-state index is 9.23. The van der Waals surface area contributed by atoms with Gasteiger partial charge in [0.25, 0.3) is 0 Å². The minimum absolute atomic E-state index is 0.495. The highest BCUT2D eigenvalue weighted by Gasteiger charge is 2.15. The number of aryl methyl sites for hydroxylation is 4. The predicted octanol–water partition coefficient (Wildman–Crippen LogP) is 3.38. The number of hydrogen-bond donors (Lipinski definition) is 0. The number of fused-ring (bicyclic) bond motifs is 2. The van der Waals surface area contributed by atoms with Crippen LogP contribution < -0.4 is 4.90 Å². The third-order valence-electron chi connectivity index (χ3n) is 4.61. The number of benzene rings is 2. The van der Waals surface area contributed by atoms with Gasteiger partial charge in [0.1, 0.15) is 12.1 Å². The molecule has 0 bridgehead atoms. The Kier molecular flexibility index (Phi) is 4.04. The van der Waals surface area contributed by atoms with Gasteiger partial charge in [-0.2, -0.15) is 10.5 Å². The Morgan fingerprint density at radius 3 is 1.70 bits per heavy atom. The zero-order valence-corrected chi connectivity index (χ0v) is 13.6. The van der Waals surface area contributed by atoms with Crippen molar-refractivity contribution in [3.05, 3.63) is 63.7 Å². The number of nitriles is 2. The van der Waals surface area contributed by atoms with Crippen LogP contribution in [0.4, 0.5) is 5.69 Å². The third kappa shape index (κ3) is 2.91. The molecule has 0 spiro atoms. The zero-order valence-electron chi connectivity index (χ0n) is 13.6. The van der Waals surface area contributed by atoms with Crippen molar-refractivity contribution in [3.63, 3.8) is 0 Å². The maximum atomic E-state index is 9.23. The zero-order chi connectivity index (χ0) is 16.4. The number of rotatable bonds is 1. The lowest BCUT2D eigenvalue weighted by Crippen LogP contribution is -2.12. The topological polar surface area (TPSA) is 50.8 Å². The van der Waals surface area contributed by atoms with Crippen LogP contribution in [-0.4, -0.2) is 14.1 Å². The van der Waals surface area contributed by atoms with E-state index < -0.39 is 0 Å². The second kappa shape index (κ2) is 6.15. The molecule has 114 valence electrons. The van der Waals surface area contributed by atoms with Gasteiger partial charge in [-0.15, -0.1) is 0 Å². The molecule has 0 saturated heterocycles. The quantitative estimate of drug-likeness (QED) is 0.811. The smallest absolute Gasteiger partial charge is 0.101 e. The van der Waals surface area contributed by atoms with E-state index in [-0.39, 0.29) is 0 Å². The summed E-state index contributed by atoms with van der Waals surface area (Å²) in [6.45, 7) is 0. The van der Waals surface area contributed by atoms with Crippen LogP contribution in [-0.2, 0) is 25.7 Å². The van der Waals surface area contributed by atoms with E-state index >= 15 is 0 Å². The van der Waals surface area contributed by atoms with E-state index in [0.717, 1.165) is 25.7 Å². The first kappa shape index (κ1) is 15.1. The predicted molar refractivity (Wildman–Crippen MR) is 91.5 cm³/mol. The lowest BCUT2D eigenvalue weighted by Gasteiger charge is -2.20. The molecule has 0 aromatic heterocycles. The van der Waals surface area contributed by atoms with Crippen molar-refractivity contribution in [2.45, 2.75) is 25.7 Å². The summed E-state index contributed by atoms with van der Waals surface area (Å²) < 4.78 is 0. The van der Waals surface area contributed by atoms with Gasteiger partial charge >= 0.3 is 0 Å². The lowest BCUT2D eigenvalue weighted by atomic mass is 9.87. The van der Waals surface area contributed by atoms with Crippen molar-refractivity contribution in [2.24, 2.45) is 0 Å². The van der Waals surface area contributed by atoms with Gasteiger partial charge in [0.2, 0.25) is 0 Å². The molecule has 0 heterocycles. The molecule has 3 rings (SSSR count). The average Bonchev–Trinajstić information content (AvgIpc) is 2.55. The van der Waals surface area contributed by atoms with Crippen LogP contribution in [0.2, 0.25) is 0 Å². The van der Waals surface area contributed by atoms with Crippen LogP contribution in [0.15, 0.2) is 30.3 Å². The van der Waals surface area contributed by atoms with E-state index in [1.165, 1.54) is 27.9 Å². The molecule has 2 aromatic rings. The molecule has 0 amide bonds. The Morgan fingerprint density at radius 1 is 0.739 bits per heavy atom. The fourth-order valence-electron chi connectivity index (χ4n) is 3.25. The first-order valence-electron chi connectivity index (χ1n) is 7.87. The van der Waals surface area contributed by atoms with Crippen molar-refractivity contribution in [3.8, 4) is 12.1 Å². The van der Waals surface area contributed by atoms with Crippen LogP contribution in [0, 0.1) is 22.7 Å². The monoisotopic (exact) mass is 301 g/mol. The molecule has 3 nitrogen and oxygen atoms in total. The van der Waals surface area contributed by atoms with Crippen LogP contribution in [0.25, 0.3) is 0 Å². The van der Waals surface area contributed by atoms with Crippen LogP contribution in [0.5, 0.6) is 0 Å². The molecular weight excluding hydrogens is 282 g/mol.